The fourth-order valence-corrected chi connectivity index (χ4v) is 5.83. The third-order valence-corrected chi connectivity index (χ3v) is 7.41. The molecule has 2 saturated carbocycles. The maximum Gasteiger partial charge on any atom is 0.226 e. The molecule has 1 aromatic rings. The van der Waals surface area contributed by atoms with Gasteiger partial charge in [0.05, 0.1) is 11.7 Å². The van der Waals surface area contributed by atoms with Gasteiger partial charge in [-0.15, -0.1) is 0 Å². The lowest BCUT2D eigenvalue weighted by molar-refractivity contribution is -0.134. The number of rotatable bonds is 2. The van der Waals surface area contributed by atoms with Crippen molar-refractivity contribution in [2.45, 2.75) is 70.9 Å². The molecule has 3 fully saturated rings. The molecule has 0 radical (unpaired) electrons. The van der Waals surface area contributed by atoms with Gasteiger partial charge in [-0.3, -0.25) is 9.59 Å². The quantitative estimate of drug-likeness (QED) is 0.789. The van der Waals surface area contributed by atoms with Crippen molar-refractivity contribution in [2.24, 2.45) is 17.8 Å². The zero-order valence-corrected chi connectivity index (χ0v) is 16.8. The molecule has 6 nitrogen and oxygen atoms in total. The van der Waals surface area contributed by atoms with Gasteiger partial charge in [-0.05, 0) is 43.9 Å². The van der Waals surface area contributed by atoms with Gasteiger partial charge in [-0.2, -0.15) is 0 Å². The van der Waals surface area contributed by atoms with E-state index in [9.17, 15) is 9.59 Å². The lowest BCUT2D eigenvalue weighted by Gasteiger charge is -2.35. The first kappa shape index (κ1) is 18.1. The first-order valence-corrected chi connectivity index (χ1v) is 11.0. The Morgan fingerprint density at radius 3 is 2.54 bits per heavy atom. The van der Waals surface area contributed by atoms with Crippen LogP contribution >= 0.6 is 0 Å². The van der Waals surface area contributed by atoms with Crippen LogP contribution in [0.5, 0.6) is 0 Å². The fourth-order valence-electron chi connectivity index (χ4n) is 5.83. The predicted octanol–water partition coefficient (Wildman–Crippen LogP) is 2.87. The van der Waals surface area contributed by atoms with Crippen molar-refractivity contribution >= 4 is 11.8 Å². The van der Waals surface area contributed by atoms with Crippen LogP contribution < -0.4 is 0 Å². The van der Waals surface area contributed by atoms with Crippen molar-refractivity contribution in [1.82, 2.24) is 19.8 Å². The van der Waals surface area contributed by atoms with Gasteiger partial charge >= 0.3 is 0 Å². The van der Waals surface area contributed by atoms with E-state index >= 15 is 0 Å². The summed E-state index contributed by atoms with van der Waals surface area (Å²) in [5, 5.41) is 0. The van der Waals surface area contributed by atoms with Crippen LogP contribution in [0.15, 0.2) is 6.20 Å². The maximum atomic E-state index is 13.0. The number of hydrogen-bond donors (Lipinski definition) is 0. The fraction of sp³-hybridized carbons (Fsp3) is 0.727. The second-order valence-corrected chi connectivity index (χ2v) is 9.07. The molecular weight excluding hydrogens is 352 g/mol. The second-order valence-electron chi connectivity index (χ2n) is 9.07. The van der Waals surface area contributed by atoms with Gasteiger partial charge in [0.25, 0.3) is 0 Å². The standard InChI is InChI=1S/C22H30N4O2/c1-14(27)26-10-5-4-8-19(26)21-23-12-15-13-25(11-9-18(15)24-21)22(28)20-16-6-2-3-7-17(16)20/h12,16-17,19-20H,2-11,13H2,1H3. The number of aromatic nitrogens is 2. The smallest absolute Gasteiger partial charge is 0.226 e. The van der Waals surface area contributed by atoms with E-state index < -0.39 is 0 Å². The van der Waals surface area contributed by atoms with Crippen molar-refractivity contribution in [2.75, 3.05) is 13.1 Å². The summed E-state index contributed by atoms with van der Waals surface area (Å²) >= 11 is 0. The third-order valence-electron chi connectivity index (χ3n) is 7.41. The summed E-state index contributed by atoms with van der Waals surface area (Å²) in [7, 11) is 0. The summed E-state index contributed by atoms with van der Waals surface area (Å²) in [5.74, 6) is 2.85. The van der Waals surface area contributed by atoms with Crippen LogP contribution in [0.3, 0.4) is 0 Å². The highest BCUT2D eigenvalue weighted by atomic mass is 16.2. The van der Waals surface area contributed by atoms with Crippen LogP contribution in [-0.4, -0.2) is 44.7 Å². The topological polar surface area (TPSA) is 66.4 Å². The molecule has 150 valence electrons. The van der Waals surface area contributed by atoms with Gasteiger partial charge in [-0.1, -0.05) is 12.8 Å². The Labute approximate surface area is 166 Å². The van der Waals surface area contributed by atoms with Gasteiger partial charge < -0.3 is 9.80 Å². The summed E-state index contributed by atoms with van der Waals surface area (Å²) in [6.45, 7) is 3.84. The van der Waals surface area contributed by atoms with Gasteiger partial charge in [-0.25, -0.2) is 9.97 Å². The minimum Gasteiger partial charge on any atom is -0.338 e. The van der Waals surface area contributed by atoms with Crippen molar-refractivity contribution in [1.29, 1.82) is 0 Å². The van der Waals surface area contributed by atoms with E-state index in [1.807, 2.05) is 16.0 Å². The van der Waals surface area contributed by atoms with E-state index in [-0.39, 0.29) is 17.9 Å². The lowest BCUT2D eigenvalue weighted by Crippen LogP contribution is -2.40. The largest absolute Gasteiger partial charge is 0.338 e. The van der Waals surface area contributed by atoms with E-state index in [2.05, 4.69) is 4.98 Å². The zero-order valence-electron chi connectivity index (χ0n) is 16.8. The number of fused-ring (bicyclic) bond motifs is 2. The van der Waals surface area contributed by atoms with Crippen LogP contribution in [0.25, 0.3) is 0 Å². The Kier molecular flexibility index (Phi) is 4.60. The summed E-state index contributed by atoms with van der Waals surface area (Å²) in [5.41, 5.74) is 2.15. The molecule has 0 bridgehead atoms. The second kappa shape index (κ2) is 7.12. The summed E-state index contributed by atoms with van der Waals surface area (Å²) in [4.78, 5) is 38.4. The number of carbonyl (C=O) groups excluding carboxylic acids is 2. The van der Waals surface area contributed by atoms with Crippen molar-refractivity contribution in [3.8, 4) is 0 Å². The number of carbonyl (C=O) groups is 2. The van der Waals surface area contributed by atoms with Crippen LogP contribution in [0.4, 0.5) is 0 Å². The molecule has 1 saturated heterocycles. The molecule has 1 aromatic heterocycles. The van der Waals surface area contributed by atoms with Crippen molar-refractivity contribution in [3.63, 3.8) is 0 Å². The zero-order chi connectivity index (χ0) is 19.3. The predicted molar refractivity (Wildman–Crippen MR) is 104 cm³/mol. The van der Waals surface area contributed by atoms with E-state index in [4.69, 9.17) is 4.98 Å². The highest BCUT2D eigenvalue weighted by Gasteiger charge is 2.55. The highest BCUT2D eigenvalue weighted by Crippen LogP contribution is 2.56. The molecule has 4 aliphatic rings. The average molecular weight is 383 g/mol. The van der Waals surface area contributed by atoms with Crippen LogP contribution in [0, 0.1) is 17.8 Å². The molecular formula is C22H30N4O2. The van der Waals surface area contributed by atoms with E-state index in [0.717, 1.165) is 55.9 Å². The Morgan fingerprint density at radius 1 is 1.04 bits per heavy atom. The summed E-state index contributed by atoms with van der Waals surface area (Å²) < 4.78 is 0. The molecule has 3 heterocycles. The minimum atomic E-state index is 0.00537. The number of piperidine rings is 1. The monoisotopic (exact) mass is 382 g/mol. The molecule has 2 aliphatic heterocycles. The van der Waals surface area contributed by atoms with Gasteiger partial charge in [0.1, 0.15) is 0 Å². The Morgan fingerprint density at radius 2 is 1.79 bits per heavy atom. The normalized spacial score (nSPS) is 31.8. The SMILES string of the molecule is CC(=O)N1CCCCC1c1ncc2c(n1)CCN(C(=O)C1C3CCCCC31)C2. The van der Waals surface area contributed by atoms with Crippen LogP contribution in [0.2, 0.25) is 0 Å². The molecule has 0 aromatic carbocycles. The highest BCUT2D eigenvalue weighted by molar-refractivity contribution is 5.82. The van der Waals surface area contributed by atoms with Crippen molar-refractivity contribution < 1.29 is 9.59 Å². The van der Waals surface area contributed by atoms with Crippen LogP contribution in [0.1, 0.15) is 75.0 Å². The van der Waals surface area contributed by atoms with Crippen LogP contribution in [-0.2, 0) is 22.6 Å². The van der Waals surface area contributed by atoms with E-state index in [1.54, 1.807) is 6.92 Å². The third kappa shape index (κ3) is 3.11. The summed E-state index contributed by atoms with van der Waals surface area (Å²) in [6, 6.07) is 0.00537. The Balaban J connectivity index is 1.30. The molecule has 3 unspecified atom stereocenters. The molecule has 0 N–H and O–H groups in total. The first-order chi connectivity index (χ1) is 13.6. The number of nitrogens with zero attached hydrogens (tertiary/aromatic N) is 4. The van der Waals surface area contributed by atoms with Crippen molar-refractivity contribution in [3.05, 3.63) is 23.3 Å². The molecule has 3 atom stereocenters. The molecule has 0 spiro atoms. The molecule has 5 rings (SSSR count). The minimum absolute atomic E-state index is 0.00537. The van der Waals surface area contributed by atoms with Gasteiger partial charge in [0.15, 0.2) is 5.82 Å². The lowest BCUT2D eigenvalue weighted by atomic mass is 10.00. The van der Waals surface area contributed by atoms with Gasteiger partial charge in [0.2, 0.25) is 11.8 Å². The van der Waals surface area contributed by atoms with E-state index in [1.165, 1.54) is 25.7 Å². The molecule has 28 heavy (non-hydrogen) atoms. The van der Waals surface area contributed by atoms with E-state index in [0.29, 0.717) is 24.3 Å². The number of amides is 2. The number of likely N-dealkylation sites (tertiary alicyclic amines) is 1. The summed E-state index contributed by atoms with van der Waals surface area (Å²) in [6.07, 6.45) is 10.9. The Bertz CT molecular complexity index is 783. The Hall–Kier alpha value is -1.98. The average Bonchev–Trinajstić information content (AvgIpc) is 3.47. The van der Waals surface area contributed by atoms with Gasteiger partial charge in [0, 0.05) is 50.7 Å². The molecule has 6 heteroatoms. The maximum absolute atomic E-state index is 13.0. The number of hydrogen-bond acceptors (Lipinski definition) is 4. The first-order valence-electron chi connectivity index (χ1n) is 11.0. The molecule has 2 amide bonds. The molecule has 2 aliphatic carbocycles.